The standard InChI is InChI=1S/C43H51N4/c1-11-13-24-37-32(4)45(9)39(43(37,7)8)30-28-34-26-25-33(27-29-38-42(5,6)31(3)41(44-12-2)46(38)10)40(34)47(35-20-16-14-17-21-35)36-22-18-15-19-23-36/h11-24,27-31H,1-2,25-26H2,3-10H3/q+1/b24-13-,44-41+. The molecule has 242 valence electrons. The lowest BCUT2D eigenvalue weighted by molar-refractivity contribution is -0.369. The van der Waals surface area contributed by atoms with Gasteiger partial charge >= 0.3 is 5.84 Å². The average Bonchev–Trinajstić information content (AvgIpc) is 3.57. The van der Waals surface area contributed by atoms with Crippen LogP contribution in [0.25, 0.3) is 0 Å². The van der Waals surface area contributed by atoms with Crippen molar-refractivity contribution in [3.8, 4) is 0 Å². The van der Waals surface area contributed by atoms with Crippen molar-refractivity contribution in [2.24, 2.45) is 21.7 Å². The Hall–Kier alpha value is -4.70. The van der Waals surface area contributed by atoms with E-state index >= 15 is 0 Å². The van der Waals surface area contributed by atoms with Gasteiger partial charge in [0.1, 0.15) is 11.9 Å². The molecule has 0 saturated carbocycles. The molecule has 2 aliphatic heterocycles. The van der Waals surface area contributed by atoms with Gasteiger partial charge < -0.3 is 9.80 Å². The Morgan fingerprint density at radius 3 is 2.09 bits per heavy atom. The van der Waals surface area contributed by atoms with Crippen LogP contribution in [-0.2, 0) is 0 Å². The molecule has 0 fully saturated rings. The van der Waals surface area contributed by atoms with Crippen molar-refractivity contribution < 1.29 is 4.58 Å². The number of rotatable bonds is 9. The number of benzene rings is 2. The maximum atomic E-state index is 4.65. The largest absolute Gasteiger partial charge is 0.351 e. The molecule has 0 aromatic heterocycles. The van der Waals surface area contributed by atoms with E-state index in [0.29, 0.717) is 0 Å². The molecule has 4 heteroatoms. The summed E-state index contributed by atoms with van der Waals surface area (Å²) in [7, 11) is 4.31. The van der Waals surface area contributed by atoms with E-state index in [4.69, 9.17) is 0 Å². The molecule has 0 amide bonds. The lowest BCUT2D eigenvalue weighted by Crippen LogP contribution is -2.27. The fourth-order valence-electron chi connectivity index (χ4n) is 7.44. The van der Waals surface area contributed by atoms with Crippen molar-refractivity contribution in [2.45, 2.75) is 54.4 Å². The van der Waals surface area contributed by atoms with Crippen LogP contribution in [0.1, 0.15) is 54.4 Å². The Kier molecular flexibility index (Phi) is 9.72. The summed E-state index contributed by atoms with van der Waals surface area (Å²) in [5.74, 6) is 1.34. The van der Waals surface area contributed by atoms with E-state index in [1.165, 1.54) is 39.5 Å². The van der Waals surface area contributed by atoms with Crippen LogP contribution in [0.3, 0.4) is 0 Å². The lowest BCUT2D eigenvalue weighted by atomic mass is 9.77. The maximum absolute atomic E-state index is 4.65. The molecule has 1 unspecified atom stereocenters. The van der Waals surface area contributed by atoms with Crippen LogP contribution < -0.4 is 4.90 Å². The number of hydrogen-bond acceptors (Lipinski definition) is 3. The first-order valence-electron chi connectivity index (χ1n) is 16.7. The second-order valence-electron chi connectivity index (χ2n) is 13.8. The summed E-state index contributed by atoms with van der Waals surface area (Å²) in [5.41, 5.74) is 11.1. The summed E-state index contributed by atoms with van der Waals surface area (Å²) in [6.07, 6.45) is 19.1. The third-order valence-electron chi connectivity index (χ3n) is 10.4. The normalized spacial score (nSPS) is 23.5. The van der Waals surface area contributed by atoms with Gasteiger partial charge in [-0.05, 0) is 79.8 Å². The number of allylic oxidation sites excluding steroid dienone is 11. The molecule has 5 rings (SSSR count). The third-order valence-corrected chi connectivity index (χ3v) is 10.4. The Labute approximate surface area is 283 Å². The maximum Gasteiger partial charge on any atom is 0.302 e. The highest BCUT2D eigenvalue weighted by Gasteiger charge is 2.47. The van der Waals surface area contributed by atoms with E-state index in [9.17, 15) is 0 Å². The minimum Gasteiger partial charge on any atom is -0.351 e. The minimum atomic E-state index is -0.129. The molecular weight excluding hydrogens is 573 g/mol. The summed E-state index contributed by atoms with van der Waals surface area (Å²) in [6, 6.07) is 21.5. The van der Waals surface area contributed by atoms with Crippen molar-refractivity contribution in [1.82, 2.24) is 4.90 Å². The molecule has 1 aliphatic carbocycles. The summed E-state index contributed by atoms with van der Waals surface area (Å²) in [6.45, 7) is 21.5. The van der Waals surface area contributed by atoms with Crippen LogP contribution in [0.4, 0.5) is 11.4 Å². The topological polar surface area (TPSA) is 21.9 Å². The van der Waals surface area contributed by atoms with Crippen LogP contribution >= 0.6 is 0 Å². The van der Waals surface area contributed by atoms with Crippen molar-refractivity contribution in [1.29, 1.82) is 0 Å². The van der Waals surface area contributed by atoms with Gasteiger partial charge in [-0.2, -0.15) is 0 Å². The molecule has 0 N–H and O–H groups in total. The van der Waals surface area contributed by atoms with Gasteiger partial charge in [0.2, 0.25) is 0 Å². The van der Waals surface area contributed by atoms with Gasteiger partial charge in [0.15, 0.2) is 0 Å². The van der Waals surface area contributed by atoms with Crippen molar-refractivity contribution in [3.05, 3.63) is 156 Å². The highest BCUT2D eigenvalue weighted by atomic mass is 15.2. The fourth-order valence-corrected chi connectivity index (χ4v) is 7.44. The zero-order valence-electron chi connectivity index (χ0n) is 29.6. The molecule has 2 aromatic rings. The Bertz CT molecular complexity index is 1750. The van der Waals surface area contributed by atoms with Gasteiger partial charge in [-0.15, -0.1) is 0 Å². The van der Waals surface area contributed by atoms with Gasteiger partial charge in [0, 0.05) is 40.6 Å². The predicted molar refractivity (Wildman–Crippen MR) is 202 cm³/mol. The molecule has 2 heterocycles. The third kappa shape index (κ3) is 6.22. The molecule has 47 heavy (non-hydrogen) atoms. The van der Waals surface area contributed by atoms with Gasteiger partial charge in [-0.1, -0.05) is 113 Å². The summed E-state index contributed by atoms with van der Waals surface area (Å²) in [5, 5.41) is 0. The van der Waals surface area contributed by atoms with Crippen LogP contribution in [0.5, 0.6) is 0 Å². The molecule has 0 bridgehead atoms. The lowest BCUT2D eigenvalue weighted by Gasteiger charge is -2.29. The number of aliphatic imine (C=N–C) groups is 1. The van der Waals surface area contributed by atoms with E-state index < -0.39 is 0 Å². The highest BCUT2D eigenvalue weighted by Crippen LogP contribution is 2.47. The van der Waals surface area contributed by atoms with E-state index in [0.717, 1.165) is 30.1 Å². The number of anilines is 2. The first-order chi connectivity index (χ1) is 22.4. The molecule has 4 nitrogen and oxygen atoms in total. The SMILES string of the molecule is C=C/C=C\C1=C(C)N(C)/C(=C/C=C2\CCC(/C=C/C3=[N+](C)C(=N/C=C)/C(C)C3(C)C)=C2N(c2ccccc2)c2ccccc2)C1(C)C. The molecule has 3 aliphatic rings. The Balaban J connectivity index is 1.69. The van der Waals surface area contributed by atoms with Crippen LogP contribution in [0, 0.1) is 16.7 Å². The fraction of sp³-hybridized carbons (Fsp3) is 0.302. The zero-order valence-corrected chi connectivity index (χ0v) is 29.6. The number of para-hydroxylation sites is 2. The van der Waals surface area contributed by atoms with Crippen molar-refractivity contribution >= 4 is 22.9 Å². The summed E-state index contributed by atoms with van der Waals surface area (Å²) in [4.78, 5) is 9.42. The zero-order chi connectivity index (χ0) is 33.9. The highest BCUT2D eigenvalue weighted by molar-refractivity contribution is 6.06. The van der Waals surface area contributed by atoms with Crippen LogP contribution in [0.15, 0.2) is 161 Å². The number of amidine groups is 1. The van der Waals surface area contributed by atoms with Gasteiger partial charge in [-0.3, -0.25) is 0 Å². The second kappa shape index (κ2) is 13.6. The molecule has 2 aromatic carbocycles. The van der Waals surface area contributed by atoms with E-state index in [2.05, 4.69) is 179 Å². The average molecular weight is 624 g/mol. The van der Waals surface area contributed by atoms with E-state index in [-0.39, 0.29) is 16.7 Å². The molecule has 0 saturated heterocycles. The summed E-state index contributed by atoms with van der Waals surface area (Å²) < 4.78 is 2.25. The number of hydrogen-bond donors (Lipinski definition) is 0. The Morgan fingerprint density at radius 1 is 0.894 bits per heavy atom. The van der Waals surface area contributed by atoms with Gasteiger partial charge in [-0.25, -0.2) is 4.58 Å². The predicted octanol–water partition coefficient (Wildman–Crippen LogP) is 10.5. The Morgan fingerprint density at radius 2 is 1.51 bits per heavy atom. The minimum absolute atomic E-state index is 0.0602. The molecule has 1 atom stereocenters. The van der Waals surface area contributed by atoms with Gasteiger partial charge in [0.05, 0.1) is 18.7 Å². The molecule has 0 spiro atoms. The van der Waals surface area contributed by atoms with E-state index in [1.807, 2.05) is 12.2 Å². The first-order valence-corrected chi connectivity index (χ1v) is 16.7. The van der Waals surface area contributed by atoms with Crippen molar-refractivity contribution in [3.63, 3.8) is 0 Å². The van der Waals surface area contributed by atoms with Crippen LogP contribution in [-0.4, -0.2) is 35.1 Å². The summed E-state index contributed by atoms with van der Waals surface area (Å²) >= 11 is 0. The van der Waals surface area contributed by atoms with Gasteiger partial charge in [0.25, 0.3) is 0 Å². The number of nitrogens with zero attached hydrogens (tertiary/aromatic N) is 4. The van der Waals surface area contributed by atoms with E-state index in [1.54, 1.807) is 6.20 Å². The second-order valence-corrected chi connectivity index (χ2v) is 13.8. The first kappa shape index (κ1) is 33.7. The molecular formula is C43H51N4+. The molecule has 0 radical (unpaired) electrons. The van der Waals surface area contributed by atoms with Crippen molar-refractivity contribution in [2.75, 3.05) is 19.0 Å². The van der Waals surface area contributed by atoms with Crippen LogP contribution in [0.2, 0.25) is 0 Å². The monoisotopic (exact) mass is 623 g/mol. The smallest absolute Gasteiger partial charge is 0.302 e. The quantitative estimate of drug-likeness (QED) is 0.205.